The van der Waals surface area contributed by atoms with Crippen LogP contribution in [0.5, 0.6) is 11.5 Å². The van der Waals surface area contributed by atoms with Gasteiger partial charge in [0.2, 0.25) is 5.91 Å². The van der Waals surface area contributed by atoms with Crippen molar-refractivity contribution in [2.24, 2.45) is 16.7 Å². The zero-order valence-electron chi connectivity index (χ0n) is 27.2. The van der Waals surface area contributed by atoms with Crippen molar-refractivity contribution in [1.82, 2.24) is 25.1 Å². The number of rotatable bonds is 8. The molecule has 10 nitrogen and oxygen atoms in total. The number of nitrogens with zero attached hydrogens (tertiary/aromatic N) is 6. The minimum atomic E-state index is -1.02. The van der Waals surface area contributed by atoms with Crippen molar-refractivity contribution in [3.05, 3.63) is 65.5 Å². The molecule has 4 heterocycles. The van der Waals surface area contributed by atoms with E-state index in [0.717, 1.165) is 51.3 Å². The highest BCUT2D eigenvalue weighted by molar-refractivity contribution is 5.97. The van der Waals surface area contributed by atoms with E-state index < -0.39 is 11.2 Å². The number of hydrogen-bond acceptors (Lipinski definition) is 8. The van der Waals surface area contributed by atoms with E-state index in [9.17, 15) is 19.2 Å². The average Bonchev–Trinajstić information content (AvgIpc) is 3.69. The van der Waals surface area contributed by atoms with Crippen LogP contribution < -0.4 is 15.0 Å². The molecule has 242 valence electrons. The second kappa shape index (κ2) is 12.1. The summed E-state index contributed by atoms with van der Waals surface area (Å²) in [5.41, 5.74) is 1.27. The molecule has 1 aromatic carbocycles. The molecule has 11 heteroatoms. The third-order valence-electron chi connectivity index (χ3n) is 10.1. The Morgan fingerprint density at radius 2 is 1.96 bits per heavy atom. The molecule has 6 rings (SSSR count). The molecule has 46 heavy (non-hydrogen) atoms. The molecule has 0 saturated carbocycles. The summed E-state index contributed by atoms with van der Waals surface area (Å²) in [5.74, 6) is 0.218. The minimum absolute atomic E-state index is 0.0723. The molecule has 1 N–H and O–H groups in total. The van der Waals surface area contributed by atoms with Crippen molar-refractivity contribution in [1.29, 1.82) is 5.26 Å². The van der Waals surface area contributed by atoms with Crippen molar-refractivity contribution in [3.63, 3.8) is 0 Å². The van der Waals surface area contributed by atoms with Crippen LogP contribution in [0, 0.1) is 33.9 Å². The van der Waals surface area contributed by atoms with Crippen molar-refractivity contribution < 1.29 is 18.7 Å². The molecule has 1 aromatic heterocycles. The first-order valence-corrected chi connectivity index (χ1v) is 16.1. The minimum Gasteiger partial charge on any atom is -0.451 e. The highest BCUT2D eigenvalue weighted by Crippen LogP contribution is 2.45. The number of benzene rings is 1. The largest absolute Gasteiger partial charge is 0.451 e. The number of carbonyl (C=O) groups excluding carboxylic acids is 2. The Bertz CT molecular complexity index is 1640. The second-order valence-corrected chi connectivity index (χ2v) is 13.9. The molecule has 3 unspecified atom stereocenters. The summed E-state index contributed by atoms with van der Waals surface area (Å²) >= 11 is 0. The fraction of sp³-hybridized carbons (Fsp3) is 0.514. The summed E-state index contributed by atoms with van der Waals surface area (Å²) in [6.45, 7) is 13.8. The van der Waals surface area contributed by atoms with Gasteiger partial charge in [-0.3, -0.25) is 14.5 Å². The predicted molar refractivity (Wildman–Crippen MR) is 171 cm³/mol. The Morgan fingerprint density at radius 3 is 2.70 bits per heavy atom. The zero-order valence-corrected chi connectivity index (χ0v) is 27.2. The molecule has 2 aromatic rings. The smallest absolute Gasteiger partial charge is 0.258 e. The van der Waals surface area contributed by atoms with Gasteiger partial charge in [-0.1, -0.05) is 6.08 Å². The third-order valence-corrected chi connectivity index (χ3v) is 10.1. The third kappa shape index (κ3) is 5.75. The first kappa shape index (κ1) is 31.7. The van der Waals surface area contributed by atoms with Crippen LogP contribution in [-0.4, -0.2) is 76.4 Å². The Balaban J connectivity index is 1.15. The van der Waals surface area contributed by atoms with E-state index in [1.54, 1.807) is 18.0 Å². The Hall–Kier alpha value is -4.30. The molecule has 4 aliphatic rings. The van der Waals surface area contributed by atoms with Crippen LogP contribution in [0.3, 0.4) is 0 Å². The highest BCUT2D eigenvalue weighted by Gasteiger charge is 2.50. The summed E-state index contributed by atoms with van der Waals surface area (Å²) in [7, 11) is 0. The number of nitriles is 1. The molecule has 3 fully saturated rings. The lowest BCUT2D eigenvalue weighted by atomic mass is 9.75. The van der Waals surface area contributed by atoms with Crippen molar-refractivity contribution in [3.8, 4) is 17.6 Å². The van der Waals surface area contributed by atoms with E-state index in [2.05, 4.69) is 43.3 Å². The first-order chi connectivity index (χ1) is 21.9. The molecule has 2 amide bonds. The van der Waals surface area contributed by atoms with Crippen molar-refractivity contribution in [2.45, 2.75) is 66.0 Å². The van der Waals surface area contributed by atoms with E-state index in [-0.39, 0.29) is 46.5 Å². The van der Waals surface area contributed by atoms with Crippen molar-refractivity contribution >= 4 is 17.6 Å². The first-order valence-electron chi connectivity index (χ1n) is 16.1. The number of halogens is 1. The van der Waals surface area contributed by atoms with Gasteiger partial charge in [-0.15, -0.1) is 0 Å². The summed E-state index contributed by atoms with van der Waals surface area (Å²) in [5, 5.41) is 12.6. The van der Waals surface area contributed by atoms with Gasteiger partial charge in [0, 0.05) is 55.3 Å². The Morgan fingerprint density at radius 1 is 1.20 bits per heavy atom. The van der Waals surface area contributed by atoms with Gasteiger partial charge in [0.25, 0.3) is 5.91 Å². The average molecular weight is 628 g/mol. The predicted octanol–water partition coefficient (Wildman–Crippen LogP) is 5.06. The molecule has 3 atom stereocenters. The number of hydrogen-bond donors (Lipinski definition) is 1. The number of allylic oxidation sites excluding steroid dienone is 2. The quantitative estimate of drug-likeness (QED) is 0.432. The summed E-state index contributed by atoms with van der Waals surface area (Å²) in [6.07, 6.45) is 10.1. The maximum Gasteiger partial charge on any atom is 0.258 e. The maximum atomic E-state index is 14.4. The van der Waals surface area contributed by atoms with Gasteiger partial charge in [-0.2, -0.15) is 5.26 Å². The van der Waals surface area contributed by atoms with Crippen LogP contribution in [-0.2, 0) is 4.79 Å². The van der Waals surface area contributed by atoms with E-state index in [4.69, 9.17) is 4.74 Å². The lowest BCUT2D eigenvalue weighted by molar-refractivity contribution is -0.125. The number of ether oxygens (including phenoxy) is 1. The van der Waals surface area contributed by atoms with Crippen LogP contribution in [0.15, 0.2) is 54.1 Å². The van der Waals surface area contributed by atoms with E-state index >= 15 is 0 Å². The SMILES string of the molecule is CC(C)N(C(=O)c1cc(F)ccc1Oc1cncnc1N1CCC2(CCN(CC3=CCC4C(=C3)NC(=O)C4(C)C#N)C2)C1)C(C)C. The lowest BCUT2D eigenvalue weighted by Crippen LogP contribution is -2.42. The molecule has 1 aliphatic carbocycles. The van der Waals surface area contributed by atoms with Gasteiger partial charge in [0.15, 0.2) is 11.6 Å². The molecule has 1 spiro atoms. The summed E-state index contributed by atoms with van der Waals surface area (Å²) in [4.78, 5) is 41.3. The van der Waals surface area contributed by atoms with Gasteiger partial charge < -0.3 is 19.9 Å². The molecular weight excluding hydrogens is 585 g/mol. The van der Waals surface area contributed by atoms with Gasteiger partial charge in [0.1, 0.15) is 23.3 Å². The molecule has 3 saturated heterocycles. The molecule has 0 bridgehead atoms. The van der Waals surface area contributed by atoms with Gasteiger partial charge in [-0.25, -0.2) is 14.4 Å². The zero-order chi connectivity index (χ0) is 32.8. The highest BCUT2D eigenvalue weighted by atomic mass is 19.1. The van der Waals surface area contributed by atoms with Crippen LogP contribution in [0.4, 0.5) is 10.2 Å². The summed E-state index contributed by atoms with van der Waals surface area (Å²) < 4.78 is 20.7. The van der Waals surface area contributed by atoms with Crippen LogP contribution in [0.1, 0.15) is 64.2 Å². The maximum absolute atomic E-state index is 14.4. The number of aromatic nitrogens is 2. The molecular formula is C35H42FN7O3. The van der Waals surface area contributed by atoms with E-state index in [1.807, 2.05) is 27.7 Å². The normalized spacial score (nSPS) is 25.8. The van der Waals surface area contributed by atoms with E-state index in [1.165, 1.54) is 30.1 Å². The number of amides is 2. The number of carbonyl (C=O) groups is 2. The van der Waals surface area contributed by atoms with Gasteiger partial charge in [0.05, 0.1) is 17.8 Å². The number of likely N-dealkylation sites (tertiary alicyclic amines) is 1. The number of anilines is 1. The van der Waals surface area contributed by atoms with E-state index in [0.29, 0.717) is 18.0 Å². The topological polar surface area (TPSA) is 115 Å². The van der Waals surface area contributed by atoms with Crippen LogP contribution in [0.25, 0.3) is 0 Å². The Labute approximate surface area is 269 Å². The van der Waals surface area contributed by atoms with Crippen LogP contribution >= 0.6 is 0 Å². The fourth-order valence-electron chi connectivity index (χ4n) is 7.65. The number of fused-ring (bicyclic) bond motifs is 1. The van der Waals surface area contributed by atoms with Crippen LogP contribution in [0.2, 0.25) is 0 Å². The fourth-order valence-corrected chi connectivity index (χ4v) is 7.65. The van der Waals surface area contributed by atoms with Gasteiger partial charge in [-0.05, 0) is 90.3 Å². The standard InChI is InChI=1S/C35H42FN7O3/c1-22(2)43(23(3)4)32(44)26-15-25(36)7-9-29(26)46-30-16-38-21-39-31(30)42-13-11-35(20-42)10-12-41(19-35)17-24-6-8-27-28(14-24)40-33(45)34(27,5)18-37/h6-7,9,14-16,21-23,27H,8,10-13,17,19-20H2,1-5H3,(H,40,45). The number of nitrogens with one attached hydrogen (secondary N) is 1. The Kier molecular flexibility index (Phi) is 8.36. The molecule has 3 aliphatic heterocycles. The lowest BCUT2D eigenvalue weighted by Gasteiger charge is -2.31. The monoisotopic (exact) mass is 627 g/mol. The van der Waals surface area contributed by atoms with Crippen molar-refractivity contribution in [2.75, 3.05) is 37.6 Å². The summed E-state index contributed by atoms with van der Waals surface area (Å²) in [6, 6.07) is 6.10. The molecule has 0 radical (unpaired) electrons. The second-order valence-electron chi connectivity index (χ2n) is 13.9. The van der Waals surface area contributed by atoms with Gasteiger partial charge >= 0.3 is 0 Å².